The average Bonchev–Trinajstić information content (AvgIpc) is 3.14. The fraction of sp³-hybridized carbons (Fsp3) is 0.440. The molecule has 2 N–H and O–H groups in total. The highest BCUT2D eigenvalue weighted by molar-refractivity contribution is 6.10. The predicted octanol–water partition coefficient (Wildman–Crippen LogP) is 3.77. The fourth-order valence-corrected chi connectivity index (χ4v) is 4.45. The van der Waals surface area contributed by atoms with Gasteiger partial charge in [0.05, 0.1) is 30.9 Å². The normalized spacial score (nSPS) is 23.0. The van der Waals surface area contributed by atoms with Gasteiger partial charge in [-0.15, -0.1) is 0 Å². The van der Waals surface area contributed by atoms with Crippen LogP contribution in [0.25, 0.3) is 0 Å². The number of benzene rings is 2. The van der Waals surface area contributed by atoms with E-state index in [4.69, 9.17) is 15.8 Å². The van der Waals surface area contributed by atoms with E-state index in [-0.39, 0.29) is 5.41 Å². The van der Waals surface area contributed by atoms with E-state index in [2.05, 4.69) is 73.3 Å². The fourth-order valence-electron chi connectivity index (χ4n) is 4.45. The van der Waals surface area contributed by atoms with Crippen LogP contribution < -0.4 is 5.73 Å². The predicted molar refractivity (Wildman–Crippen MR) is 125 cm³/mol. The van der Waals surface area contributed by atoms with Crippen molar-refractivity contribution >= 4 is 11.5 Å². The Labute approximate surface area is 180 Å². The van der Waals surface area contributed by atoms with Gasteiger partial charge in [0.2, 0.25) is 0 Å². The third kappa shape index (κ3) is 4.32. The molecule has 2 aliphatic rings. The van der Waals surface area contributed by atoms with E-state index in [0.717, 1.165) is 36.7 Å². The summed E-state index contributed by atoms with van der Waals surface area (Å²) >= 11 is 0. The molecule has 2 aromatic carbocycles. The number of hydrogen-bond donors (Lipinski definition) is 1. The maximum Gasteiger partial charge on any atom is 0.135 e. The Morgan fingerprint density at radius 3 is 2.40 bits per heavy atom. The van der Waals surface area contributed by atoms with Crippen molar-refractivity contribution in [3.63, 3.8) is 0 Å². The minimum absolute atomic E-state index is 0.225. The number of nitrogens with zero attached hydrogens (tertiary/aromatic N) is 4. The molecule has 30 heavy (non-hydrogen) atoms. The summed E-state index contributed by atoms with van der Waals surface area (Å²) in [6.07, 6.45) is 3.85. The van der Waals surface area contributed by atoms with Crippen LogP contribution in [-0.2, 0) is 5.41 Å². The van der Waals surface area contributed by atoms with Gasteiger partial charge in [0.15, 0.2) is 0 Å². The molecule has 0 aliphatic carbocycles. The standard InChI is InChI=1S/C25H33N5/c1-20-11-13-21(14-12-20)24-25(2,22-9-5-3-6-10-22)18-30(28-24)23(17-26)27-19-29-15-7-4-8-16-29/h3,5-6,9-14H,4,7-8,15-19,26H2,1-2H3. The van der Waals surface area contributed by atoms with Gasteiger partial charge in [-0.05, 0) is 50.9 Å². The van der Waals surface area contributed by atoms with Crippen LogP contribution in [0.1, 0.15) is 42.9 Å². The van der Waals surface area contributed by atoms with E-state index in [0.29, 0.717) is 13.2 Å². The molecule has 0 spiro atoms. The molecule has 0 aromatic heterocycles. The Hall–Kier alpha value is -2.50. The lowest BCUT2D eigenvalue weighted by molar-refractivity contribution is 0.234. The van der Waals surface area contributed by atoms with Gasteiger partial charge in [-0.2, -0.15) is 5.10 Å². The number of amidine groups is 1. The average molecular weight is 404 g/mol. The van der Waals surface area contributed by atoms with E-state index >= 15 is 0 Å². The van der Waals surface area contributed by atoms with E-state index in [1.807, 2.05) is 5.01 Å². The van der Waals surface area contributed by atoms with Gasteiger partial charge < -0.3 is 5.73 Å². The number of rotatable bonds is 5. The highest BCUT2D eigenvalue weighted by atomic mass is 15.5. The first-order valence-electron chi connectivity index (χ1n) is 11.0. The van der Waals surface area contributed by atoms with E-state index in [9.17, 15) is 0 Å². The molecule has 0 saturated carbocycles. The molecule has 5 heteroatoms. The molecule has 1 fully saturated rings. The third-order valence-corrected chi connectivity index (χ3v) is 6.33. The van der Waals surface area contributed by atoms with Crippen LogP contribution >= 0.6 is 0 Å². The minimum atomic E-state index is -0.225. The topological polar surface area (TPSA) is 57.2 Å². The van der Waals surface area contributed by atoms with E-state index < -0.39 is 0 Å². The summed E-state index contributed by atoms with van der Waals surface area (Å²) < 4.78 is 0. The molecule has 0 radical (unpaired) electrons. The number of hydrazone groups is 1. The largest absolute Gasteiger partial charge is 0.324 e. The number of aliphatic imine (C=N–C) groups is 1. The molecule has 1 saturated heterocycles. The van der Waals surface area contributed by atoms with Gasteiger partial charge in [-0.3, -0.25) is 9.89 Å². The highest BCUT2D eigenvalue weighted by Crippen LogP contribution is 2.35. The molecule has 1 unspecified atom stereocenters. The van der Waals surface area contributed by atoms with Crippen molar-refractivity contribution in [3.05, 3.63) is 71.3 Å². The summed E-state index contributed by atoms with van der Waals surface area (Å²) in [4.78, 5) is 7.30. The zero-order valence-electron chi connectivity index (χ0n) is 18.2. The second-order valence-electron chi connectivity index (χ2n) is 8.67. The SMILES string of the molecule is Cc1ccc(C2=NN(C(CN)=NCN3CCCCC3)CC2(C)c2ccccc2)cc1. The molecular formula is C25H33N5. The smallest absolute Gasteiger partial charge is 0.135 e. The van der Waals surface area contributed by atoms with Crippen LogP contribution in [0.4, 0.5) is 0 Å². The Morgan fingerprint density at radius 1 is 1.03 bits per heavy atom. The lowest BCUT2D eigenvalue weighted by atomic mass is 9.76. The summed E-state index contributed by atoms with van der Waals surface area (Å²) in [6.45, 7) is 8.49. The minimum Gasteiger partial charge on any atom is -0.324 e. The Balaban J connectivity index is 1.66. The monoisotopic (exact) mass is 403 g/mol. The van der Waals surface area contributed by atoms with Gasteiger partial charge in [0.25, 0.3) is 0 Å². The van der Waals surface area contributed by atoms with E-state index in [1.54, 1.807) is 0 Å². The first-order valence-corrected chi connectivity index (χ1v) is 11.0. The van der Waals surface area contributed by atoms with Crippen LogP contribution in [0.15, 0.2) is 64.7 Å². The van der Waals surface area contributed by atoms with Gasteiger partial charge >= 0.3 is 0 Å². The summed E-state index contributed by atoms with van der Waals surface area (Å²) in [5.74, 6) is 0.866. The van der Waals surface area contributed by atoms with Gasteiger partial charge in [-0.1, -0.05) is 66.6 Å². The number of likely N-dealkylation sites (tertiary alicyclic amines) is 1. The molecule has 0 amide bonds. The molecule has 5 nitrogen and oxygen atoms in total. The quantitative estimate of drug-likeness (QED) is 0.611. The molecule has 2 aromatic rings. The van der Waals surface area contributed by atoms with Crippen molar-refractivity contribution in [2.75, 3.05) is 32.8 Å². The van der Waals surface area contributed by atoms with Gasteiger partial charge in [-0.25, -0.2) is 5.01 Å². The maximum atomic E-state index is 6.14. The Morgan fingerprint density at radius 2 is 1.73 bits per heavy atom. The van der Waals surface area contributed by atoms with Crippen molar-refractivity contribution in [2.24, 2.45) is 15.8 Å². The first kappa shape index (κ1) is 20.8. The first-order chi connectivity index (χ1) is 14.6. The summed E-state index contributed by atoms with van der Waals surface area (Å²) in [5.41, 5.74) is 10.7. The van der Waals surface area contributed by atoms with Crippen LogP contribution in [0.5, 0.6) is 0 Å². The third-order valence-electron chi connectivity index (χ3n) is 6.33. The molecule has 0 bridgehead atoms. The number of nitrogens with two attached hydrogens (primary N) is 1. The summed E-state index contributed by atoms with van der Waals surface area (Å²) in [5, 5.41) is 7.11. The van der Waals surface area contributed by atoms with Gasteiger partial charge in [0.1, 0.15) is 5.84 Å². The van der Waals surface area contributed by atoms with Crippen LogP contribution in [0.3, 0.4) is 0 Å². The Kier molecular flexibility index (Phi) is 6.30. The zero-order chi connectivity index (χ0) is 21.0. The Bertz CT molecular complexity index is 897. The van der Waals surface area contributed by atoms with Crippen molar-refractivity contribution in [3.8, 4) is 0 Å². The molecule has 1 atom stereocenters. The number of hydrogen-bond acceptors (Lipinski definition) is 4. The molecule has 2 heterocycles. The lowest BCUT2D eigenvalue weighted by Crippen LogP contribution is -2.40. The summed E-state index contributed by atoms with van der Waals surface area (Å²) in [6, 6.07) is 19.3. The van der Waals surface area contributed by atoms with Crippen LogP contribution in [0.2, 0.25) is 0 Å². The molecule has 158 valence electrons. The molecular weight excluding hydrogens is 370 g/mol. The van der Waals surface area contributed by atoms with Crippen LogP contribution in [-0.4, -0.2) is 54.3 Å². The highest BCUT2D eigenvalue weighted by Gasteiger charge is 2.41. The van der Waals surface area contributed by atoms with Gasteiger partial charge in [0, 0.05) is 0 Å². The van der Waals surface area contributed by atoms with Crippen molar-refractivity contribution in [1.82, 2.24) is 9.91 Å². The maximum absolute atomic E-state index is 6.14. The van der Waals surface area contributed by atoms with E-state index in [1.165, 1.54) is 30.4 Å². The zero-order valence-corrected chi connectivity index (χ0v) is 18.2. The second-order valence-corrected chi connectivity index (χ2v) is 8.67. The van der Waals surface area contributed by atoms with Crippen LogP contribution in [0, 0.1) is 6.92 Å². The van der Waals surface area contributed by atoms with Crippen molar-refractivity contribution < 1.29 is 0 Å². The molecule has 4 rings (SSSR count). The number of piperidine rings is 1. The van der Waals surface area contributed by atoms with Crippen molar-refractivity contribution in [1.29, 1.82) is 0 Å². The lowest BCUT2D eigenvalue weighted by Gasteiger charge is -2.28. The summed E-state index contributed by atoms with van der Waals surface area (Å²) in [7, 11) is 0. The second kappa shape index (κ2) is 9.11. The molecule has 2 aliphatic heterocycles. The number of aryl methyl sites for hydroxylation is 1. The van der Waals surface area contributed by atoms with Crippen molar-refractivity contribution in [2.45, 2.75) is 38.5 Å².